The Morgan fingerprint density at radius 2 is 1.95 bits per heavy atom. The van der Waals surface area contributed by atoms with Crippen LogP contribution >= 0.6 is 0 Å². The number of aromatic nitrogens is 1. The predicted octanol–water partition coefficient (Wildman–Crippen LogP) is 2.90. The number of benzene rings is 1. The van der Waals surface area contributed by atoms with Gasteiger partial charge in [0.15, 0.2) is 0 Å². The molecule has 2 rings (SSSR count). The van der Waals surface area contributed by atoms with Gasteiger partial charge < -0.3 is 14.0 Å². The molecule has 0 fully saturated rings. The molecular weight excluding hydrogens is 272 g/mol. The molecule has 1 aromatic carbocycles. The van der Waals surface area contributed by atoms with Crippen LogP contribution in [0, 0.1) is 0 Å². The van der Waals surface area contributed by atoms with Gasteiger partial charge in [-0.15, -0.1) is 0 Å². The Hall–Kier alpha value is -2.50. The SMILES string of the molecule is CCCc1cc(NC(=O)c2c(OC)cccc2OC)on1. The molecule has 0 bridgehead atoms. The van der Waals surface area contributed by atoms with Gasteiger partial charge in [-0.05, 0) is 18.6 Å². The summed E-state index contributed by atoms with van der Waals surface area (Å²) in [5.41, 5.74) is 1.12. The van der Waals surface area contributed by atoms with Crippen molar-refractivity contribution in [1.82, 2.24) is 5.16 Å². The highest BCUT2D eigenvalue weighted by Crippen LogP contribution is 2.29. The van der Waals surface area contributed by atoms with Gasteiger partial charge in [0, 0.05) is 6.07 Å². The topological polar surface area (TPSA) is 73.6 Å². The number of rotatable bonds is 6. The van der Waals surface area contributed by atoms with Gasteiger partial charge in [0.2, 0.25) is 5.88 Å². The Morgan fingerprint density at radius 3 is 2.52 bits per heavy atom. The monoisotopic (exact) mass is 290 g/mol. The maximum atomic E-state index is 12.4. The molecule has 1 amide bonds. The second kappa shape index (κ2) is 6.78. The molecule has 0 radical (unpaired) electrons. The Labute approximate surface area is 123 Å². The van der Waals surface area contributed by atoms with E-state index in [2.05, 4.69) is 10.5 Å². The van der Waals surface area contributed by atoms with E-state index in [1.165, 1.54) is 14.2 Å². The van der Waals surface area contributed by atoms with Crippen molar-refractivity contribution in [2.24, 2.45) is 0 Å². The number of hydrogen-bond acceptors (Lipinski definition) is 5. The van der Waals surface area contributed by atoms with Crippen LogP contribution in [-0.2, 0) is 6.42 Å². The molecule has 0 aliphatic carbocycles. The first-order valence-corrected chi connectivity index (χ1v) is 6.67. The lowest BCUT2D eigenvalue weighted by molar-refractivity contribution is 0.101. The number of hydrogen-bond donors (Lipinski definition) is 1. The van der Waals surface area contributed by atoms with Gasteiger partial charge in [-0.25, -0.2) is 0 Å². The molecule has 0 spiro atoms. The van der Waals surface area contributed by atoms with E-state index in [1.54, 1.807) is 24.3 Å². The number of nitrogens with zero attached hydrogens (tertiary/aromatic N) is 1. The molecule has 6 nitrogen and oxygen atoms in total. The number of carbonyl (C=O) groups excluding carboxylic acids is 1. The van der Waals surface area contributed by atoms with Crippen LogP contribution < -0.4 is 14.8 Å². The molecule has 0 aliphatic rings. The van der Waals surface area contributed by atoms with Crippen molar-refractivity contribution in [3.05, 3.63) is 35.5 Å². The van der Waals surface area contributed by atoms with Crippen LogP contribution in [-0.4, -0.2) is 25.3 Å². The zero-order valence-electron chi connectivity index (χ0n) is 12.3. The zero-order chi connectivity index (χ0) is 15.2. The molecule has 21 heavy (non-hydrogen) atoms. The fraction of sp³-hybridized carbons (Fsp3) is 0.333. The van der Waals surface area contributed by atoms with Gasteiger partial charge >= 0.3 is 0 Å². The van der Waals surface area contributed by atoms with E-state index in [1.807, 2.05) is 6.92 Å². The van der Waals surface area contributed by atoms with Gasteiger partial charge in [-0.1, -0.05) is 24.6 Å². The highest BCUT2D eigenvalue weighted by Gasteiger charge is 2.19. The minimum Gasteiger partial charge on any atom is -0.496 e. The molecule has 2 aromatic rings. The van der Waals surface area contributed by atoms with E-state index >= 15 is 0 Å². The summed E-state index contributed by atoms with van der Waals surface area (Å²) >= 11 is 0. The van der Waals surface area contributed by atoms with Gasteiger partial charge in [-0.2, -0.15) is 0 Å². The summed E-state index contributed by atoms with van der Waals surface area (Å²) in [6.07, 6.45) is 1.76. The van der Waals surface area contributed by atoms with Gasteiger partial charge in [0.25, 0.3) is 5.91 Å². The number of methoxy groups -OCH3 is 2. The van der Waals surface area contributed by atoms with Crippen LogP contribution in [0.3, 0.4) is 0 Å². The minimum absolute atomic E-state index is 0.302. The first-order valence-electron chi connectivity index (χ1n) is 6.67. The second-order valence-electron chi connectivity index (χ2n) is 4.42. The van der Waals surface area contributed by atoms with Crippen molar-refractivity contribution in [2.45, 2.75) is 19.8 Å². The maximum absolute atomic E-state index is 12.4. The molecule has 112 valence electrons. The molecular formula is C15H18N2O4. The van der Waals surface area contributed by atoms with Crippen molar-refractivity contribution < 1.29 is 18.8 Å². The average Bonchev–Trinajstić information content (AvgIpc) is 2.93. The summed E-state index contributed by atoms with van der Waals surface area (Å²) in [7, 11) is 3.00. The molecule has 0 saturated carbocycles. The van der Waals surface area contributed by atoms with Crippen molar-refractivity contribution in [3.63, 3.8) is 0 Å². The third-order valence-corrected chi connectivity index (χ3v) is 2.96. The average molecular weight is 290 g/mol. The molecule has 1 heterocycles. The lowest BCUT2D eigenvalue weighted by Crippen LogP contribution is -2.14. The number of ether oxygens (including phenoxy) is 2. The van der Waals surface area contributed by atoms with Crippen LogP contribution in [0.5, 0.6) is 11.5 Å². The highest BCUT2D eigenvalue weighted by atomic mass is 16.5. The lowest BCUT2D eigenvalue weighted by atomic mass is 10.1. The lowest BCUT2D eigenvalue weighted by Gasteiger charge is -2.11. The maximum Gasteiger partial charge on any atom is 0.265 e. The molecule has 0 unspecified atom stereocenters. The van der Waals surface area contributed by atoms with E-state index in [0.29, 0.717) is 22.9 Å². The number of amides is 1. The van der Waals surface area contributed by atoms with E-state index < -0.39 is 0 Å². The largest absolute Gasteiger partial charge is 0.496 e. The van der Waals surface area contributed by atoms with Crippen molar-refractivity contribution in [2.75, 3.05) is 19.5 Å². The van der Waals surface area contributed by atoms with Gasteiger partial charge in [0.1, 0.15) is 17.1 Å². The van der Waals surface area contributed by atoms with E-state index in [-0.39, 0.29) is 5.91 Å². The van der Waals surface area contributed by atoms with Crippen LogP contribution in [0.25, 0.3) is 0 Å². The highest BCUT2D eigenvalue weighted by molar-refractivity contribution is 6.07. The molecule has 1 N–H and O–H groups in total. The van der Waals surface area contributed by atoms with Gasteiger partial charge in [0.05, 0.1) is 19.9 Å². The van der Waals surface area contributed by atoms with E-state index in [0.717, 1.165) is 18.5 Å². The molecule has 0 saturated heterocycles. The zero-order valence-corrected chi connectivity index (χ0v) is 12.3. The Kier molecular flexibility index (Phi) is 4.81. The van der Waals surface area contributed by atoms with Crippen LogP contribution in [0.2, 0.25) is 0 Å². The van der Waals surface area contributed by atoms with E-state index in [4.69, 9.17) is 14.0 Å². The minimum atomic E-state index is -0.372. The van der Waals surface area contributed by atoms with Gasteiger partial charge in [-0.3, -0.25) is 10.1 Å². The Bertz CT molecular complexity index is 600. The number of aryl methyl sites for hydroxylation is 1. The van der Waals surface area contributed by atoms with Crippen LogP contribution in [0.15, 0.2) is 28.8 Å². The summed E-state index contributed by atoms with van der Waals surface area (Å²) < 4.78 is 15.5. The summed E-state index contributed by atoms with van der Waals surface area (Å²) in [6, 6.07) is 6.85. The van der Waals surface area contributed by atoms with Crippen molar-refractivity contribution >= 4 is 11.8 Å². The molecule has 0 aliphatic heterocycles. The summed E-state index contributed by atoms with van der Waals surface area (Å²) in [4.78, 5) is 12.4. The first-order chi connectivity index (χ1) is 10.2. The number of anilines is 1. The van der Waals surface area contributed by atoms with Crippen LogP contribution in [0.4, 0.5) is 5.88 Å². The fourth-order valence-electron chi connectivity index (χ4n) is 1.99. The third-order valence-electron chi connectivity index (χ3n) is 2.96. The summed E-state index contributed by atoms with van der Waals surface area (Å²) in [5, 5.41) is 6.54. The fourth-order valence-corrected chi connectivity index (χ4v) is 1.99. The van der Waals surface area contributed by atoms with Crippen molar-refractivity contribution in [1.29, 1.82) is 0 Å². The van der Waals surface area contributed by atoms with Crippen LogP contribution in [0.1, 0.15) is 29.4 Å². The summed E-state index contributed by atoms with van der Waals surface area (Å²) in [6.45, 7) is 2.05. The number of nitrogens with one attached hydrogen (secondary N) is 1. The second-order valence-corrected chi connectivity index (χ2v) is 4.42. The predicted molar refractivity (Wildman–Crippen MR) is 78.0 cm³/mol. The molecule has 1 aromatic heterocycles. The standard InChI is InChI=1S/C15H18N2O4/c1-4-6-10-9-13(21-17-10)16-15(18)14-11(19-2)7-5-8-12(14)20-3/h5,7-9H,4,6H2,1-3H3,(H,16,18). The summed E-state index contributed by atoms with van der Waals surface area (Å²) in [5.74, 6) is 0.792. The van der Waals surface area contributed by atoms with E-state index in [9.17, 15) is 4.79 Å². The number of carbonyl (C=O) groups is 1. The first kappa shape index (κ1) is 14.9. The van der Waals surface area contributed by atoms with Crippen molar-refractivity contribution in [3.8, 4) is 11.5 Å². The normalized spacial score (nSPS) is 10.2. The Balaban J connectivity index is 2.23. The molecule has 6 heteroatoms. The quantitative estimate of drug-likeness (QED) is 0.885. The third kappa shape index (κ3) is 3.34. The smallest absolute Gasteiger partial charge is 0.265 e. The molecule has 0 atom stereocenters. The Morgan fingerprint density at radius 1 is 1.29 bits per heavy atom.